The molecule has 1 atom stereocenters. The molecule has 3 fully saturated rings. The number of carbonyl (C=O) groups excluding carboxylic acids is 1. The zero-order valence-electron chi connectivity index (χ0n) is 27.3. The standard InChI is InChI=1S/C32H45F3N6O5S2/c1-48(44,45)39-12-8-28-26(22-39)31(23-4-5-27(32(33,34)35)29(19-23)47-18-15-37-13-16-46-17-14-37)36-41(28)21-25(42)20-38-10-6-24(7-11-38)40-9-2-3-30(40)43/h4-5,19,24-25,42H,2-3,6-18,20-22H2,1H3. The molecule has 0 spiro atoms. The van der Waals surface area contributed by atoms with Crippen molar-refractivity contribution in [1.82, 2.24) is 28.8 Å². The molecule has 0 radical (unpaired) electrons. The van der Waals surface area contributed by atoms with E-state index >= 15 is 0 Å². The first-order valence-corrected chi connectivity index (χ1v) is 19.6. The molecule has 2 aromatic rings. The minimum atomic E-state index is -4.53. The number of piperidine rings is 1. The van der Waals surface area contributed by atoms with Crippen LogP contribution in [-0.2, 0) is 45.2 Å². The lowest BCUT2D eigenvalue weighted by Crippen LogP contribution is -2.47. The Morgan fingerprint density at radius 2 is 1.79 bits per heavy atom. The van der Waals surface area contributed by atoms with Gasteiger partial charge < -0.3 is 19.6 Å². The molecule has 11 nitrogen and oxygen atoms in total. The van der Waals surface area contributed by atoms with Crippen molar-refractivity contribution < 1.29 is 36.2 Å². The van der Waals surface area contributed by atoms with Gasteiger partial charge in [-0.05, 0) is 31.4 Å². The summed E-state index contributed by atoms with van der Waals surface area (Å²) in [5.74, 6) is 0.701. The number of likely N-dealkylation sites (tertiary alicyclic amines) is 2. The SMILES string of the molecule is CS(=O)(=O)N1CCc2c(c(-c3ccc(C(F)(F)F)c(SCCN4CCOCC4)c3)nn2CC(O)CN2CCC(N3CCCC3=O)CC2)C1. The van der Waals surface area contributed by atoms with E-state index in [1.165, 1.54) is 16.4 Å². The number of amides is 1. The number of fused-ring (bicyclic) bond motifs is 1. The molecule has 6 rings (SSSR count). The summed E-state index contributed by atoms with van der Waals surface area (Å²) in [6.45, 7) is 6.63. The number of hydrogen-bond acceptors (Lipinski definition) is 9. The molecule has 0 saturated carbocycles. The molecule has 1 N–H and O–H groups in total. The van der Waals surface area contributed by atoms with Gasteiger partial charge in [0, 0.05) is 105 Å². The second-order valence-corrected chi connectivity index (χ2v) is 16.3. The number of morpholine rings is 1. The Morgan fingerprint density at radius 3 is 2.46 bits per heavy atom. The van der Waals surface area contributed by atoms with Crippen LogP contribution >= 0.6 is 11.8 Å². The predicted molar refractivity (Wildman–Crippen MR) is 176 cm³/mol. The first-order valence-electron chi connectivity index (χ1n) is 16.7. The number of hydrogen-bond donors (Lipinski definition) is 1. The molecular weight excluding hydrogens is 670 g/mol. The summed E-state index contributed by atoms with van der Waals surface area (Å²) in [7, 11) is -3.52. The Hall–Kier alpha value is -2.21. The van der Waals surface area contributed by atoms with Crippen molar-refractivity contribution in [2.75, 3.05) is 77.6 Å². The van der Waals surface area contributed by atoms with E-state index in [2.05, 4.69) is 9.80 Å². The van der Waals surface area contributed by atoms with Crippen molar-refractivity contribution in [3.63, 3.8) is 0 Å². The van der Waals surface area contributed by atoms with Gasteiger partial charge in [-0.25, -0.2) is 8.42 Å². The lowest BCUT2D eigenvalue weighted by atomic mass is 10.0. The summed E-state index contributed by atoms with van der Waals surface area (Å²) < 4.78 is 75.8. The highest BCUT2D eigenvalue weighted by Gasteiger charge is 2.36. The second kappa shape index (κ2) is 15.0. The van der Waals surface area contributed by atoms with Crippen LogP contribution in [0.5, 0.6) is 0 Å². The van der Waals surface area contributed by atoms with Gasteiger partial charge in [0.2, 0.25) is 15.9 Å². The van der Waals surface area contributed by atoms with Gasteiger partial charge in [-0.15, -0.1) is 11.8 Å². The third kappa shape index (κ3) is 8.38. The first kappa shape index (κ1) is 35.6. The molecular formula is C32H45F3N6O5S2. The van der Waals surface area contributed by atoms with E-state index < -0.39 is 27.9 Å². The Kier molecular flexibility index (Phi) is 11.1. The van der Waals surface area contributed by atoms with E-state index in [0.29, 0.717) is 61.7 Å². The third-order valence-corrected chi connectivity index (χ3v) is 12.1. The summed E-state index contributed by atoms with van der Waals surface area (Å²) in [6, 6.07) is 4.26. The number of sulfonamides is 1. The van der Waals surface area contributed by atoms with E-state index in [1.807, 2.05) is 4.90 Å². The van der Waals surface area contributed by atoms with Crippen LogP contribution in [0.4, 0.5) is 13.2 Å². The number of aliphatic hydroxyl groups excluding tert-OH is 1. The van der Waals surface area contributed by atoms with Crippen LogP contribution in [0.25, 0.3) is 11.3 Å². The third-order valence-electron chi connectivity index (χ3n) is 9.86. The molecule has 1 aromatic carbocycles. The number of ether oxygens (including phenoxy) is 1. The molecule has 4 aliphatic rings. The normalized spacial score (nSPS) is 21.6. The lowest BCUT2D eigenvalue weighted by Gasteiger charge is -2.37. The minimum Gasteiger partial charge on any atom is -0.390 e. The van der Waals surface area contributed by atoms with Gasteiger partial charge in [0.1, 0.15) is 0 Å². The van der Waals surface area contributed by atoms with Crippen molar-refractivity contribution in [3.8, 4) is 11.3 Å². The number of nitrogens with zero attached hydrogens (tertiary/aromatic N) is 6. The summed E-state index contributed by atoms with van der Waals surface area (Å²) >= 11 is 1.15. The maximum Gasteiger partial charge on any atom is 0.417 e. The lowest BCUT2D eigenvalue weighted by molar-refractivity contribution is -0.139. The first-order chi connectivity index (χ1) is 22.9. The predicted octanol–water partition coefficient (Wildman–Crippen LogP) is 2.76. The summed E-state index contributed by atoms with van der Waals surface area (Å²) in [6.07, 6.45) is -0.512. The number of benzene rings is 1. The van der Waals surface area contributed by atoms with Gasteiger partial charge in [-0.1, -0.05) is 6.07 Å². The smallest absolute Gasteiger partial charge is 0.390 e. The van der Waals surface area contributed by atoms with Gasteiger partial charge in [0.05, 0.1) is 43.4 Å². The van der Waals surface area contributed by atoms with Crippen LogP contribution in [0.1, 0.15) is 42.5 Å². The molecule has 16 heteroatoms. The maximum absolute atomic E-state index is 14.1. The summed E-state index contributed by atoms with van der Waals surface area (Å²) in [5, 5.41) is 16.0. The number of β-amino-alcohol motifs (C(OH)–C–C–N with tert-alkyl or cyclic N) is 1. The zero-order chi connectivity index (χ0) is 34.1. The largest absolute Gasteiger partial charge is 0.417 e. The quantitative estimate of drug-likeness (QED) is 0.352. The molecule has 48 heavy (non-hydrogen) atoms. The summed E-state index contributed by atoms with van der Waals surface area (Å²) in [5.41, 5.74) is 1.65. The van der Waals surface area contributed by atoms with Crippen LogP contribution in [0.3, 0.4) is 0 Å². The average molecular weight is 715 g/mol. The van der Waals surface area contributed by atoms with Crippen molar-refractivity contribution >= 4 is 27.7 Å². The van der Waals surface area contributed by atoms with Crippen LogP contribution in [0, 0.1) is 0 Å². The Labute approximate surface area is 284 Å². The number of thioether (sulfide) groups is 1. The van der Waals surface area contributed by atoms with Crippen molar-refractivity contribution in [2.24, 2.45) is 0 Å². The van der Waals surface area contributed by atoms with Crippen LogP contribution in [0.15, 0.2) is 23.1 Å². The number of halogens is 3. The minimum absolute atomic E-state index is 0.0584. The van der Waals surface area contributed by atoms with Crippen molar-refractivity contribution in [2.45, 2.75) is 68.4 Å². The molecule has 4 aliphatic heterocycles. The highest BCUT2D eigenvalue weighted by atomic mass is 32.2. The number of rotatable bonds is 11. The molecule has 1 aromatic heterocycles. The van der Waals surface area contributed by atoms with Gasteiger partial charge >= 0.3 is 6.18 Å². The fourth-order valence-electron chi connectivity index (χ4n) is 7.29. The average Bonchev–Trinajstić information content (AvgIpc) is 3.64. The van der Waals surface area contributed by atoms with E-state index in [0.717, 1.165) is 81.8 Å². The Balaban J connectivity index is 1.21. The maximum atomic E-state index is 14.1. The highest BCUT2D eigenvalue weighted by Crippen LogP contribution is 2.40. The van der Waals surface area contributed by atoms with Crippen molar-refractivity contribution in [1.29, 1.82) is 0 Å². The fourth-order valence-corrected chi connectivity index (χ4v) is 9.19. The Morgan fingerprint density at radius 1 is 1.04 bits per heavy atom. The monoisotopic (exact) mass is 714 g/mol. The second-order valence-electron chi connectivity index (χ2n) is 13.2. The van der Waals surface area contributed by atoms with Crippen LogP contribution in [-0.4, -0.2) is 138 Å². The van der Waals surface area contributed by atoms with E-state index in [-0.39, 0.29) is 36.5 Å². The van der Waals surface area contributed by atoms with Gasteiger partial charge in [0.15, 0.2) is 0 Å². The number of aromatic nitrogens is 2. The van der Waals surface area contributed by atoms with Gasteiger partial charge in [0.25, 0.3) is 0 Å². The molecule has 5 heterocycles. The zero-order valence-corrected chi connectivity index (χ0v) is 29.0. The molecule has 0 aliphatic carbocycles. The van der Waals surface area contributed by atoms with Crippen LogP contribution < -0.4 is 0 Å². The highest BCUT2D eigenvalue weighted by molar-refractivity contribution is 7.99. The molecule has 0 bridgehead atoms. The number of alkyl halides is 3. The van der Waals surface area contributed by atoms with E-state index in [1.54, 1.807) is 4.68 Å². The van der Waals surface area contributed by atoms with Gasteiger partial charge in [-0.3, -0.25) is 14.4 Å². The van der Waals surface area contributed by atoms with E-state index in [9.17, 15) is 31.5 Å². The Bertz CT molecular complexity index is 1560. The van der Waals surface area contributed by atoms with Crippen LogP contribution in [0.2, 0.25) is 0 Å². The molecule has 3 saturated heterocycles. The molecule has 1 unspecified atom stereocenters. The number of aliphatic hydroxyl groups is 1. The molecule has 1 amide bonds. The van der Waals surface area contributed by atoms with Crippen molar-refractivity contribution in [3.05, 3.63) is 35.0 Å². The topological polar surface area (TPSA) is 111 Å². The molecule has 266 valence electrons. The van der Waals surface area contributed by atoms with Gasteiger partial charge in [-0.2, -0.15) is 22.6 Å². The summed E-state index contributed by atoms with van der Waals surface area (Å²) in [4.78, 5) is 18.7. The number of carbonyl (C=O) groups is 1. The fraction of sp³-hybridized carbons (Fsp3) is 0.688. The van der Waals surface area contributed by atoms with E-state index in [4.69, 9.17) is 9.84 Å².